The minimum Gasteiger partial charge on any atom is -0.491 e. The molecule has 96 valence electrons. The fourth-order valence-corrected chi connectivity index (χ4v) is 1.41. The lowest BCUT2D eigenvalue weighted by Crippen LogP contribution is -2.35. The molecule has 0 aliphatic carbocycles. The van der Waals surface area contributed by atoms with Crippen molar-refractivity contribution in [3.8, 4) is 5.75 Å². The van der Waals surface area contributed by atoms with Crippen LogP contribution in [0, 0.1) is 5.92 Å². The first-order chi connectivity index (χ1) is 7.84. The number of hydrogen-bond acceptors (Lipinski definition) is 2. The number of rotatable bonds is 4. The molecule has 0 radical (unpaired) electrons. The zero-order valence-electron chi connectivity index (χ0n) is 8.60. The standard InChI is InChI=1S/C10H10Cl2F3NO/c11-7-1-2-8(12)9(3-7)17-5-6(4-16)10(13,14)15/h1-3,6H,4-5,16H2. The smallest absolute Gasteiger partial charge is 0.396 e. The molecular weight excluding hydrogens is 278 g/mol. The zero-order chi connectivity index (χ0) is 13.1. The van der Waals surface area contributed by atoms with E-state index in [1.54, 1.807) is 0 Å². The summed E-state index contributed by atoms with van der Waals surface area (Å²) in [5.41, 5.74) is 5.03. The summed E-state index contributed by atoms with van der Waals surface area (Å²) >= 11 is 11.4. The summed E-state index contributed by atoms with van der Waals surface area (Å²) in [7, 11) is 0. The fraction of sp³-hybridized carbons (Fsp3) is 0.400. The van der Waals surface area contributed by atoms with Crippen molar-refractivity contribution in [2.45, 2.75) is 6.18 Å². The molecule has 1 rings (SSSR count). The summed E-state index contributed by atoms with van der Waals surface area (Å²) in [6.07, 6.45) is -4.39. The Bertz CT molecular complexity index is 384. The van der Waals surface area contributed by atoms with Gasteiger partial charge in [0.05, 0.1) is 5.02 Å². The van der Waals surface area contributed by atoms with E-state index in [1.807, 2.05) is 0 Å². The van der Waals surface area contributed by atoms with Crippen LogP contribution in [0.4, 0.5) is 13.2 Å². The molecule has 0 fully saturated rings. The highest BCUT2D eigenvalue weighted by atomic mass is 35.5. The molecule has 17 heavy (non-hydrogen) atoms. The summed E-state index contributed by atoms with van der Waals surface area (Å²) in [6, 6.07) is 4.32. The van der Waals surface area contributed by atoms with Gasteiger partial charge >= 0.3 is 6.18 Å². The molecule has 1 atom stereocenters. The minimum absolute atomic E-state index is 0.113. The van der Waals surface area contributed by atoms with Gasteiger partial charge in [0.2, 0.25) is 0 Å². The van der Waals surface area contributed by atoms with Crippen LogP contribution in [-0.2, 0) is 0 Å². The van der Waals surface area contributed by atoms with E-state index in [0.29, 0.717) is 5.02 Å². The molecular formula is C10H10Cl2F3NO. The number of benzene rings is 1. The molecule has 1 unspecified atom stereocenters. The maximum absolute atomic E-state index is 12.4. The number of halogens is 5. The number of nitrogens with two attached hydrogens (primary N) is 1. The third kappa shape index (κ3) is 4.26. The normalized spacial score (nSPS) is 13.5. The second-order valence-corrected chi connectivity index (χ2v) is 4.20. The van der Waals surface area contributed by atoms with Crippen LogP contribution in [0.25, 0.3) is 0 Å². The maximum atomic E-state index is 12.4. The highest BCUT2D eigenvalue weighted by molar-refractivity contribution is 6.34. The van der Waals surface area contributed by atoms with E-state index in [9.17, 15) is 13.2 Å². The molecule has 0 aliphatic heterocycles. The van der Waals surface area contributed by atoms with Crippen molar-refractivity contribution < 1.29 is 17.9 Å². The summed E-state index contributed by atoms with van der Waals surface area (Å²) in [6.45, 7) is -1.12. The molecule has 0 saturated carbocycles. The molecule has 2 nitrogen and oxygen atoms in total. The van der Waals surface area contributed by atoms with Crippen LogP contribution in [0.1, 0.15) is 0 Å². The molecule has 0 aliphatic rings. The minimum atomic E-state index is -4.39. The second kappa shape index (κ2) is 5.80. The Morgan fingerprint density at radius 3 is 2.47 bits per heavy atom. The third-order valence-electron chi connectivity index (χ3n) is 2.08. The van der Waals surface area contributed by atoms with Gasteiger partial charge in [-0.05, 0) is 12.1 Å². The van der Waals surface area contributed by atoms with Crippen molar-refractivity contribution in [1.29, 1.82) is 0 Å². The van der Waals surface area contributed by atoms with Gasteiger partial charge in [-0.15, -0.1) is 0 Å². The Morgan fingerprint density at radius 2 is 1.94 bits per heavy atom. The quantitative estimate of drug-likeness (QED) is 0.920. The van der Waals surface area contributed by atoms with Gasteiger partial charge in [0.1, 0.15) is 18.3 Å². The van der Waals surface area contributed by atoms with Crippen LogP contribution in [0.2, 0.25) is 10.0 Å². The van der Waals surface area contributed by atoms with Crippen LogP contribution in [0.5, 0.6) is 5.75 Å². The van der Waals surface area contributed by atoms with Crippen LogP contribution in [0.15, 0.2) is 18.2 Å². The Kier molecular flexibility index (Phi) is 4.91. The first-order valence-electron chi connectivity index (χ1n) is 4.69. The molecule has 0 saturated heterocycles. The lowest BCUT2D eigenvalue weighted by atomic mass is 10.1. The van der Waals surface area contributed by atoms with E-state index in [0.717, 1.165) is 0 Å². The van der Waals surface area contributed by atoms with Crippen LogP contribution in [0.3, 0.4) is 0 Å². The highest BCUT2D eigenvalue weighted by Gasteiger charge is 2.39. The van der Waals surface area contributed by atoms with E-state index in [1.165, 1.54) is 18.2 Å². The first kappa shape index (κ1) is 14.4. The molecule has 0 bridgehead atoms. The second-order valence-electron chi connectivity index (χ2n) is 3.36. The lowest BCUT2D eigenvalue weighted by Gasteiger charge is -2.19. The maximum Gasteiger partial charge on any atom is 0.396 e. The van der Waals surface area contributed by atoms with Gasteiger partial charge in [-0.1, -0.05) is 23.2 Å². The van der Waals surface area contributed by atoms with Crippen LogP contribution < -0.4 is 10.5 Å². The number of hydrogen-bond donors (Lipinski definition) is 1. The Balaban J connectivity index is 2.69. The number of alkyl halides is 3. The van der Waals surface area contributed by atoms with Gasteiger partial charge in [-0.2, -0.15) is 13.2 Å². The SMILES string of the molecule is NCC(COc1cc(Cl)ccc1Cl)C(F)(F)F. The third-order valence-corrected chi connectivity index (χ3v) is 2.63. The van der Waals surface area contributed by atoms with Gasteiger partial charge in [-0.3, -0.25) is 0 Å². The Hall–Kier alpha value is -0.650. The van der Waals surface area contributed by atoms with Gasteiger partial charge in [0.25, 0.3) is 0 Å². The van der Waals surface area contributed by atoms with Crippen LogP contribution in [-0.4, -0.2) is 19.3 Å². The molecule has 0 spiro atoms. The van der Waals surface area contributed by atoms with E-state index in [2.05, 4.69) is 0 Å². The van der Waals surface area contributed by atoms with Crippen molar-refractivity contribution in [3.05, 3.63) is 28.2 Å². The molecule has 2 N–H and O–H groups in total. The molecule has 1 aromatic carbocycles. The van der Waals surface area contributed by atoms with Gasteiger partial charge < -0.3 is 10.5 Å². The lowest BCUT2D eigenvalue weighted by molar-refractivity contribution is -0.178. The summed E-state index contributed by atoms with van der Waals surface area (Å²) < 4.78 is 42.1. The monoisotopic (exact) mass is 287 g/mol. The highest BCUT2D eigenvalue weighted by Crippen LogP contribution is 2.30. The van der Waals surface area contributed by atoms with E-state index < -0.39 is 25.2 Å². The predicted octanol–water partition coefficient (Wildman–Crippen LogP) is 3.51. The molecule has 1 aromatic rings. The fourth-order valence-electron chi connectivity index (χ4n) is 1.07. The van der Waals surface area contributed by atoms with Gasteiger partial charge in [0, 0.05) is 17.6 Å². The van der Waals surface area contributed by atoms with Crippen molar-refractivity contribution in [3.63, 3.8) is 0 Å². The van der Waals surface area contributed by atoms with Crippen LogP contribution >= 0.6 is 23.2 Å². The van der Waals surface area contributed by atoms with E-state index in [4.69, 9.17) is 33.7 Å². The molecule has 0 amide bonds. The average Bonchev–Trinajstić information content (AvgIpc) is 2.22. The predicted molar refractivity (Wildman–Crippen MR) is 60.6 cm³/mol. The van der Waals surface area contributed by atoms with Crippen molar-refractivity contribution in [1.82, 2.24) is 0 Å². The Labute approximate surface area is 106 Å². The first-order valence-corrected chi connectivity index (χ1v) is 5.45. The molecule has 7 heteroatoms. The van der Waals surface area contributed by atoms with E-state index in [-0.39, 0.29) is 10.8 Å². The zero-order valence-corrected chi connectivity index (χ0v) is 10.1. The topological polar surface area (TPSA) is 35.2 Å². The summed E-state index contributed by atoms with van der Waals surface area (Å²) in [5, 5.41) is 0.535. The summed E-state index contributed by atoms with van der Waals surface area (Å²) in [4.78, 5) is 0. The van der Waals surface area contributed by atoms with Crippen molar-refractivity contribution in [2.24, 2.45) is 11.7 Å². The largest absolute Gasteiger partial charge is 0.491 e. The van der Waals surface area contributed by atoms with E-state index >= 15 is 0 Å². The number of ether oxygens (including phenoxy) is 1. The summed E-state index contributed by atoms with van der Waals surface area (Å²) in [5.74, 6) is -1.61. The molecule has 0 heterocycles. The van der Waals surface area contributed by atoms with Crippen molar-refractivity contribution in [2.75, 3.05) is 13.2 Å². The Morgan fingerprint density at radius 1 is 1.29 bits per heavy atom. The molecule has 0 aromatic heterocycles. The average molecular weight is 288 g/mol. The van der Waals surface area contributed by atoms with Gasteiger partial charge in [0.15, 0.2) is 0 Å². The van der Waals surface area contributed by atoms with Gasteiger partial charge in [-0.25, -0.2) is 0 Å². The van der Waals surface area contributed by atoms with Crippen molar-refractivity contribution >= 4 is 23.2 Å².